The third kappa shape index (κ3) is 5.63. The van der Waals surface area contributed by atoms with Gasteiger partial charge in [-0.15, -0.1) is 0 Å². The summed E-state index contributed by atoms with van der Waals surface area (Å²) in [6.07, 6.45) is 2.43. The lowest BCUT2D eigenvalue weighted by atomic mass is 10.4. The first-order valence-electron chi connectivity index (χ1n) is 2.90. The van der Waals surface area contributed by atoms with Gasteiger partial charge in [0, 0.05) is 25.3 Å². The number of hydrogen-bond acceptors (Lipinski definition) is 2. The summed E-state index contributed by atoms with van der Waals surface area (Å²) in [6.45, 7) is 4.22. The molecule has 0 aromatic rings. The first kappa shape index (κ1) is 7.63. The summed E-state index contributed by atoms with van der Waals surface area (Å²) in [5.41, 5.74) is 0. The Morgan fingerprint density at radius 1 is 1.62 bits per heavy atom. The highest BCUT2D eigenvalue weighted by Crippen LogP contribution is 1.83. The van der Waals surface area contributed by atoms with Crippen molar-refractivity contribution in [3.63, 3.8) is 0 Å². The maximum atomic E-state index is 8.29. The smallest absolute Gasteiger partial charge is 0.0480 e. The second kappa shape index (κ2) is 4.78. The predicted molar refractivity (Wildman–Crippen MR) is 35.3 cm³/mol. The number of aliphatic hydroxyl groups is 1. The van der Waals surface area contributed by atoms with Gasteiger partial charge in [-0.3, -0.25) is 4.99 Å². The minimum atomic E-state index is 0.205. The van der Waals surface area contributed by atoms with Gasteiger partial charge in [-0.05, 0) is 13.8 Å². The highest BCUT2D eigenvalue weighted by molar-refractivity contribution is 5.57. The Labute approximate surface area is 50.3 Å². The number of hydrogen-bond donors (Lipinski definition) is 1. The van der Waals surface area contributed by atoms with Crippen molar-refractivity contribution in [1.82, 2.24) is 0 Å². The fraction of sp³-hybridized carbons (Fsp3) is 0.833. The van der Waals surface area contributed by atoms with Gasteiger partial charge in [0.05, 0.1) is 0 Å². The molecule has 0 saturated heterocycles. The minimum absolute atomic E-state index is 0.205. The Bertz CT molecular complexity index is 68.9. The van der Waals surface area contributed by atoms with E-state index in [0.29, 0.717) is 12.5 Å². The van der Waals surface area contributed by atoms with E-state index in [9.17, 15) is 0 Å². The monoisotopic (exact) mass is 115 g/mol. The molecule has 0 unspecified atom stereocenters. The van der Waals surface area contributed by atoms with Crippen LogP contribution in [-0.4, -0.2) is 24.0 Å². The van der Waals surface area contributed by atoms with Gasteiger partial charge in [0.2, 0.25) is 0 Å². The van der Waals surface area contributed by atoms with Crippen LogP contribution in [0, 0.1) is 0 Å². The number of rotatable bonds is 3. The number of aliphatic hydroxyl groups excluding tert-OH is 1. The molecule has 0 aliphatic carbocycles. The Morgan fingerprint density at radius 3 is 2.62 bits per heavy atom. The normalized spacial score (nSPS) is 11.5. The summed E-state index contributed by atoms with van der Waals surface area (Å²) in [4.78, 5) is 4.03. The lowest BCUT2D eigenvalue weighted by Crippen LogP contribution is -1.90. The second-order valence-electron chi connectivity index (χ2n) is 1.94. The zero-order chi connectivity index (χ0) is 6.41. The van der Waals surface area contributed by atoms with E-state index < -0.39 is 0 Å². The molecule has 0 atom stereocenters. The van der Waals surface area contributed by atoms with E-state index >= 15 is 0 Å². The topological polar surface area (TPSA) is 32.6 Å². The van der Waals surface area contributed by atoms with Gasteiger partial charge in [0.25, 0.3) is 0 Å². The Morgan fingerprint density at radius 2 is 2.25 bits per heavy atom. The Hall–Kier alpha value is -0.370. The molecule has 0 fully saturated rings. The van der Waals surface area contributed by atoms with Crippen LogP contribution in [0.15, 0.2) is 4.99 Å². The summed E-state index contributed by atoms with van der Waals surface area (Å²) in [5, 5.41) is 8.29. The Balaban J connectivity index is 3.07. The molecule has 0 spiro atoms. The quantitative estimate of drug-likeness (QED) is 0.543. The molecule has 2 nitrogen and oxygen atoms in total. The van der Waals surface area contributed by atoms with Crippen LogP contribution in [0.3, 0.4) is 0 Å². The van der Waals surface area contributed by atoms with Crippen molar-refractivity contribution in [2.24, 2.45) is 4.99 Å². The standard InChI is InChI=1S/C6H13NO/c1-6(2)7-4-3-5-8/h4,6,8H,3,5H2,1-2H3. The molecule has 0 bridgehead atoms. The minimum Gasteiger partial charge on any atom is -0.396 e. The van der Waals surface area contributed by atoms with Crippen molar-refractivity contribution in [1.29, 1.82) is 0 Å². The van der Waals surface area contributed by atoms with Crippen molar-refractivity contribution >= 4 is 6.21 Å². The van der Waals surface area contributed by atoms with Gasteiger partial charge in [-0.1, -0.05) is 0 Å². The molecule has 0 amide bonds. The molecule has 0 saturated carbocycles. The third-order valence-corrected chi connectivity index (χ3v) is 0.662. The maximum Gasteiger partial charge on any atom is 0.0480 e. The van der Waals surface area contributed by atoms with Crippen molar-refractivity contribution in [2.45, 2.75) is 26.3 Å². The molecule has 0 heterocycles. The highest BCUT2D eigenvalue weighted by Gasteiger charge is 1.80. The van der Waals surface area contributed by atoms with Crippen LogP contribution < -0.4 is 0 Å². The summed E-state index contributed by atoms with van der Waals surface area (Å²) >= 11 is 0. The van der Waals surface area contributed by atoms with Crippen molar-refractivity contribution < 1.29 is 5.11 Å². The van der Waals surface area contributed by atoms with Gasteiger partial charge in [-0.2, -0.15) is 0 Å². The van der Waals surface area contributed by atoms with E-state index in [1.54, 1.807) is 6.21 Å². The van der Waals surface area contributed by atoms with Gasteiger partial charge in [0.15, 0.2) is 0 Å². The molecule has 0 aromatic heterocycles. The molecule has 2 heteroatoms. The maximum absolute atomic E-state index is 8.29. The Kier molecular flexibility index (Phi) is 4.56. The summed E-state index contributed by atoms with van der Waals surface area (Å²) in [7, 11) is 0. The second-order valence-corrected chi connectivity index (χ2v) is 1.94. The van der Waals surface area contributed by atoms with Crippen LogP contribution in [0.5, 0.6) is 0 Å². The molecule has 0 radical (unpaired) electrons. The third-order valence-electron chi connectivity index (χ3n) is 0.662. The van der Waals surface area contributed by atoms with Crippen LogP contribution in [0.25, 0.3) is 0 Å². The summed E-state index contributed by atoms with van der Waals surface area (Å²) < 4.78 is 0. The van der Waals surface area contributed by atoms with Crippen LogP contribution in [-0.2, 0) is 0 Å². The molecular formula is C6H13NO. The van der Waals surface area contributed by atoms with E-state index in [1.807, 2.05) is 13.8 Å². The average Bonchev–Trinajstić information content (AvgIpc) is 1.66. The van der Waals surface area contributed by atoms with Crippen LogP contribution in [0.2, 0.25) is 0 Å². The molecule has 1 N–H and O–H groups in total. The van der Waals surface area contributed by atoms with Gasteiger partial charge in [-0.25, -0.2) is 0 Å². The molecule has 0 aliphatic rings. The highest BCUT2D eigenvalue weighted by atomic mass is 16.2. The van der Waals surface area contributed by atoms with E-state index in [0.717, 1.165) is 0 Å². The molecule has 8 heavy (non-hydrogen) atoms. The fourth-order valence-corrected chi connectivity index (χ4v) is 0.343. The van der Waals surface area contributed by atoms with Crippen LogP contribution in [0.4, 0.5) is 0 Å². The summed E-state index contributed by atoms with van der Waals surface area (Å²) in [5.74, 6) is 0. The molecule has 0 aromatic carbocycles. The van der Waals surface area contributed by atoms with Crippen molar-refractivity contribution in [2.75, 3.05) is 6.61 Å². The predicted octanol–water partition coefficient (Wildman–Crippen LogP) is 0.848. The molecule has 0 rings (SSSR count). The summed E-state index contributed by atoms with van der Waals surface area (Å²) in [6, 6.07) is 0.363. The van der Waals surface area contributed by atoms with E-state index in [4.69, 9.17) is 5.11 Å². The van der Waals surface area contributed by atoms with Crippen molar-refractivity contribution in [3.8, 4) is 0 Å². The molecule has 0 aliphatic heterocycles. The van der Waals surface area contributed by atoms with E-state index in [1.165, 1.54) is 0 Å². The lowest BCUT2D eigenvalue weighted by Gasteiger charge is -1.91. The van der Waals surface area contributed by atoms with Gasteiger partial charge < -0.3 is 5.11 Å². The van der Waals surface area contributed by atoms with Crippen LogP contribution in [0.1, 0.15) is 20.3 Å². The van der Waals surface area contributed by atoms with Crippen molar-refractivity contribution in [3.05, 3.63) is 0 Å². The number of nitrogens with zero attached hydrogens (tertiary/aromatic N) is 1. The average molecular weight is 115 g/mol. The fourth-order valence-electron chi connectivity index (χ4n) is 0.343. The zero-order valence-corrected chi connectivity index (χ0v) is 5.46. The van der Waals surface area contributed by atoms with Gasteiger partial charge in [0.1, 0.15) is 0 Å². The molecular weight excluding hydrogens is 102 g/mol. The lowest BCUT2D eigenvalue weighted by molar-refractivity contribution is 0.308. The van der Waals surface area contributed by atoms with E-state index in [-0.39, 0.29) is 6.61 Å². The largest absolute Gasteiger partial charge is 0.396 e. The zero-order valence-electron chi connectivity index (χ0n) is 5.46. The SMILES string of the molecule is CC(C)N=CCCO. The first-order chi connectivity index (χ1) is 3.77. The van der Waals surface area contributed by atoms with Gasteiger partial charge >= 0.3 is 0 Å². The number of aliphatic imine (C=N–C) groups is 1. The van der Waals surface area contributed by atoms with Crippen LogP contribution >= 0.6 is 0 Å². The van der Waals surface area contributed by atoms with E-state index in [2.05, 4.69) is 4.99 Å². The molecule has 48 valence electrons. The first-order valence-corrected chi connectivity index (χ1v) is 2.90.